The molecule has 0 aliphatic rings. The molecule has 11 heteroatoms. The van der Waals surface area contributed by atoms with Crippen LogP contribution in [0, 0.1) is 0 Å². The first-order valence-corrected chi connectivity index (χ1v) is 5.99. The second-order valence-corrected chi connectivity index (χ2v) is 3.96. The van der Waals surface area contributed by atoms with Gasteiger partial charge in [-0.1, -0.05) is 5.21 Å². The average Bonchev–Trinajstić information content (AvgIpc) is 2.86. The van der Waals surface area contributed by atoms with E-state index in [0.717, 1.165) is 4.90 Å². The number of nitrogens with zero attached hydrogens (tertiary/aromatic N) is 4. The first-order chi connectivity index (χ1) is 9.93. The minimum atomic E-state index is -2.70. The SMILES string of the molecule is O=C(O)c1cn(CCNC(=O)N(CCO)CC(F)F)nn1. The zero-order valence-electron chi connectivity index (χ0n) is 10.9. The molecule has 1 aromatic rings. The maximum absolute atomic E-state index is 12.3. The largest absolute Gasteiger partial charge is 0.476 e. The molecule has 118 valence electrons. The van der Waals surface area contributed by atoms with Crippen LogP contribution in [-0.2, 0) is 6.54 Å². The molecule has 0 aliphatic heterocycles. The number of carboxylic acid groups (broad SMARTS) is 1. The van der Waals surface area contributed by atoms with Crippen LogP contribution in [0.15, 0.2) is 6.20 Å². The summed E-state index contributed by atoms with van der Waals surface area (Å²) in [5.74, 6) is -1.23. The van der Waals surface area contributed by atoms with Crippen molar-refractivity contribution in [2.45, 2.75) is 13.0 Å². The van der Waals surface area contributed by atoms with Gasteiger partial charge in [0.2, 0.25) is 0 Å². The van der Waals surface area contributed by atoms with Crippen LogP contribution in [0.2, 0.25) is 0 Å². The third-order valence-electron chi connectivity index (χ3n) is 2.39. The fourth-order valence-electron chi connectivity index (χ4n) is 1.46. The van der Waals surface area contributed by atoms with E-state index in [-0.39, 0.29) is 25.3 Å². The predicted molar refractivity (Wildman–Crippen MR) is 65.0 cm³/mol. The summed E-state index contributed by atoms with van der Waals surface area (Å²) in [6, 6.07) is -0.747. The molecule has 0 atom stereocenters. The van der Waals surface area contributed by atoms with Crippen molar-refractivity contribution in [3.05, 3.63) is 11.9 Å². The number of aromatic nitrogens is 3. The number of halogens is 2. The van der Waals surface area contributed by atoms with E-state index >= 15 is 0 Å². The lowest BCUT2D eigenvalue weighted by Gasteiger charge is -2.21. The Morgan fingerprint density at radius 3 is 2.71 bits per heavy atom. The van der Waals surface area contributed by atoms with Gasteiger partial charge in [0.25, 0.3) is 6.43 Å². The molecule has 0 unspecified atom stereocenters. The van der Waals surface area contributed by atoms with E-state index in [1.165, 1.54) is 10.9 Å². The molecular weight excluding hydrogens is 292 g/mol. The fraction of sp³-hybridized carbons (Fsp3) is 0.600. The number of aliphatic hydroxyl groups excluding tert-OH is 1. The van der Waals surface area contributed by atoms with Gasteiger partial charge in [-0.25, -0.2) is 23.1 Å². The van der Waals surface area contributed by atoms with Gasteiger partial charge in [-0.05, 0) is 0 Å². The average molecular weight is 307 g/mol. The number of carbonyl (C=O) groups excluding carboxylic acids is 1. The Kier molecular flexibility index (Phi) is 6.46. The smallest absolute Gasteiger partial charge is 0.358 e. The van der Waals surface area contributed by atoms with Crippen LogP contribution in [-0.4, -0.2) is 74.8 Å². The van der Waals surface area contributed by atoms with Crippen molar-refractivity contribution >= 4 is 12.0 Å². The van der Waals surface area contributed by atoms with Crippen molar-refractivity contribution in [3.63, 3.8) is 0 Å². The van der Waals surface area contributed by atoms with E-state index in [4.69, 9.17) is 10.2 Å². The van der Waals surface area contributed by atoms with Crippen LogP contribution in [0.4, 0.5) is 13.6 Å². The molecule has 0 fully saturated rings. The van der Waals surface area contributed by atoms with Crippen molar-refractivity contribution in [3.8, 4) is 0 Å². The second kappa shape index (κ2) is 8.09. The standard InChI is InChI=1S/C10H15F2N5O4/c11-8(12)6-16(3-4-18)10(21)13-1-2-17-5-7(9(19)20)14-15-17/h5,8,18H,1-4,6H2,(H,13,21)(H,19,20). The number of hydrogen-bond donors (Lipinski definition) is 3. The molecule has 0 saturated carbocycles. The number of nitrogens with one attached hydrogen (secondary N) is 1. The highest BCUT2D eigenvalue weighted by Crippen LogP contribution is 1.98. The maximum atomic E-state index is 12.3. The highest BCUT2D eigenvalue weighted by atomic mass is 19.3. The zero-order valence-corrected chi connectivity index (χ0v) is 10.9. The van der Waals surface area contributed by atoms with Crippen molar-refractivity contribution in [2.24, 2.45) is 0 Å². The van der Waals surface area contributed by atoms with Crippen molar-refractivity contribution in [1.29, 1.82) is 0 Å². The number of amides is 2. The molecule has 2 amide bonds. The van der Waals surface area contributed by atoms with Crippen molar-refractivity contribution < 1.29 is 28.6 Å². The van der Waals surface area contributed by atoms with Gasteiger partial charge >= 0.3 is 12.0 Å². The van der Waals surface area contributed by atoms with Gasteiger partial charge in [0.05, 0.1) is 25.9 Å². The molecule has 0 radical (unpaired) electrons. The maximum Gasteiger partial charge on any atom is 0.358 e. The van der Waals surface area contributed by atoms with Crippen LogP contribution in [0.25, 0.3) is 0 Å². The third kappa shape index (κ3) is 5.69. The van der Waals surface area contributed by atoms with Crippen LogP contribution in [0.3, 0.4) is 0 Å². The predicted octanol–water partition coefficient (Wildman–Crippen LogP) is -0.755. The number of alkyl halides is 2. The van der Waals surface area contributed by atoms with Crippen LogP contribution >= 0.6 is 0 Å². The molecule has 0 aromatic carbocycles. The molecule has 0 bridgehead atoms. The first kappa shape index (κ1) is 16.8. The van der Waals surface area contributed by atoms with Crippen molar-refractivity contribution in [2.75, 3.05) is 26.2 Å². The number of carbonyl (C=O) groups is 2. The summed E-state index contributed by atoms with van der Waals surface area (Å²) in [6.07, 6.45) is -1.52. The van der Waals surface area contributed by atoms with E-state index in [1.54, 1.807) is 0 Å². The molecule has 21 heavy (non-hydrogen) atoms. The Morgan fingerprint density at radius 1 is 1.48 bits per heavy atom. The van der Waals surface area contributed by atoms with Gasteiger partial charge in [0.15, 0.2) is 5.69 Å². The summed E-state index contributed by atoms with van der Waals surface area (Å²) < 4.78 is 25.7. The molecule has 0 aliphatic carbocycles. The number of hydrogen-bond acceptors (Lipinski definition) is 5. The van der Waals surface area contributed by atoms with E-state index in [1.807, 2.05) is 0 Å². The second-order valence-electron chi connectivity index (χ2n) is 3.96. The third-order valence-corrected chi connectivity index (χ3v) is 2.39. The number of carboxylic acids is 1. The normalized spacial score (nSPS) is 10.7. The van der Waals surface area contributed by atoms with E-state index in [2.05, 4.69) is 15.6 Å². The molecule has 1 heterocycles. The minimum Gasteiger partial charge on any atom is -0.476 e. The Bertz CT molecular complexity index is 482. The summed E-state index contributed by atoms with van der Waals surface area (Å²) in [5.41, 5.74) is -0.235. The van der Waals surface area contributed by atoms with Gasteiger partial charge in [-0.2, -0.15) is 0 Å². The number of rotatable bonds is 8. The van der Waals surface area contributed by atoms with Gasteiger partial charge in [-0.15, -0.1) is 5.10 Å². The Balaban J connectivity index is 2.41. The summed E-state index contributed by atoms with van der Waals surface area (Å²) in [5, 5.41) is 26.6. The Morgan fingerprint density at radius 2 is 2.19 bits per heavy atom. The summed E-state index contributed by atoms with van der Waals surface area (Å²) in [4.78, 5) is 23.0. The van der Waals surface area contributed by atoms with Gasteiger partial charge in [0.1, 0.15) is 0 Å². The zero-order chi connectivity index (χ0) is 15.8. The van der Waals surface area contributed by atoms with Crippen molar-refractivity contribution in [1.82, 2.24) is 25.2 Å². The number of urea groups is 1. The first-order valence-electron chi connectivity index (χ1n) is 5.99. The summed E-state index contributed by atoms with van der Waals surface area (Å²) in [6.45, 7) is -1.23. The van der Waals surface area contributed by atoms with Crippen LogP contribution < -0.4 is 5.32 Å². The van der Waals surface area contributed by atoms with Gasteiger partial charge < -0.3 is 20.4 Å². The van der Waals surface area contributed by atoms with E-state index in [0.29, 0.717) is 0 Å². The number of aliphatic hydroxyl groups is 1. The molecule has 9 nitrogen and oxygen atoms in total. The van der Waals surface area contributed by atoms with Crippen LogP contribution in [0.5, 0.6) is 0 Å². The molecule has 0 saturated heterocycles. The highest BCUT2D eigenvalue weighted by Gasteiger charge is 2.17. The quantitative estimate of drug-likeness (QED) is 0.581. The summed E-state index contributed by atoms with van der Waals surface area (Å²) in [7, 11) is 0. The monoisotopic (exact) mass is 307 g/mol. The Labute approximate surface area is 118 Å². The number of aromatic carboxylic acids is 1. The lowest BCUT2D eigenvalue weighted by Crippen LogP contribution is -2.44. The lowest BCUT2D eigenvalue weighted by molar-refractivity contribution is 0.0690. The highest BCUT2D eigenvalue weighted by molar-refractivity contribution is 5.84. The topological polar surface area (TPSA) is 121 Å². The van der Waals surface area contributed by atoms with E-state index in [9.17, 15) is 18.4 Å². The Hall–Kier alpha value is -2.30. The molecule has 3 N–H and O–H groups in total. The molecule has 1 aromatic heterocycles. The fourth-order valence-corrected chi connectivity index (χ4v) is 1.46. The van der Waals surface area contributed by atoms with Gasteiger partial charge in [-0.3, -0.25) is 0 Å². The van der Waals surface area contributed by atoms with E-state index < -0.39 is 31.6 Å². The molecular formula is C10H15F2N5O4. The van der Waals surface area contributed by atoms with Gasteiger partial charge in [0, 0.05) is 13.1 Å². The van der Waals surface area contributed by atoms with Crippen LogP contribution in [0.1, 0.15) is 10.5 Å². The summed E-state index contributed by atoms with van der Waals surface area (Å²) >= 11 is 0. The molecule has 1 rings (SSSR count). The lowest BCUT2D eigenvalue weighted by atomic mass is 10.5. The molecule has 0 spiro atoms. The minimum absolute atomic E-state index is 0.0480.